The van der Waals surface area contributed by atoms with Crippen molar-refractivity contribution in [3.05, 3.63) is 72.1 Å². The molecular weight excluding hydrogens is 721 g/mol. The van der Waals surface area contributed by atoms with Crippen LogP contribution in [0.3, 0.4) is 0 Å². The Labute approximate surface area is 337 Å². The number of rotatable bonds is 12. The Bertz CT molecular complexity index is 1910. The summed E-state index contributed by atoms with van der Waals surface area (Å²) in [5, 5.41) is 11.3. The Balaban J connectivity index is 0.000000175. The molecular formula is C46H60N4O7. The molecule has 306 valence electrons. The molecule has 0 amide bonds. The van der Waals surface area contributed by atoms with Crippen LogP contribution in [-0.4, -0.2) is 81.8 Å². The van der Waals surface area contributed by atoms with Crippen LogP contribution in [0.1, 0.15) is 108 Å². The number of hydrogen-bond donors (Lipinski definition) is 1. The first kappa shape index (κ1) is 40.9. The van der Waals surface area contributed by atoms with Crippen LogP contribution < -0.4 is 9.47 Å². The van der Waals surface area contributed by atoms with Crippen molar-refractivity contribution in [2.45, 2.75) is 122 Å². The molecule has 57 heavy (non-hydrogen) atoms. The number of hydrogen-bond acceptors (Lipinski definition) is 10. The second-order valence-electron chi connectivity index (χ2n) is 16.3. The molecule has 0 unspecified atom stereocenters. The van der Waals surface area contributed by atoms with Gasteiger partial charge in [-0.3, -0.25) is 29.4 Å². The van der Waals surface area contributed by atoms with Crippen LogP contribution >= 0.6 is 0 Å². The standard InChI is InChI=1S/C24H32N2O4.C22H28N2O3/c1-2-28-30-24(27)18-12-14-26(15-13-18)17-20-9-8-19-16-22(10-11-23(19)25-20)29-21-6-4-3-5-7-21;25-22(26)16-10-12-24(13-11-16)15-18-7-6-17-14-20(8-9-21(17)23-18)27-19-4-2-1-3-5-19/h8-11,16,18,21H,2-7,12-15,17H2,1H3;6-9,14,16,19H,1-5,10-13,15H2,(H,25,26). The van der Waals surface area contributed by atoms with Gasteiger partial charge in [-0.1, -0.05) is 25.0 Å². The van der Waals surface area contributed by atoms with Crippen LogP contribution in [0.4, 0.5) is 0 Å². The topological polar surface area (TPSA) is 124 Å². The molecule has 2 aliphatic heterocycles. The maximum Gasteiger partial charge on any atom is 0.345 e. The highest BCUT2D eigenvalue weighted by Crippen LogP contribution is 2.29. The molecule has 4 heterocycles. The molecule has 2 aromatic heterocycles. The van der Waals surface area contributed by atoms with Gasteiger partial charge in [0.2, 0.25) is 0 Å². The van der Waals surface area contributed by atoms with E-state index in [4.69, 9.17) is 34.3 Å². The molecule has 4 aliphatic rings. The zero-order chi connectivity index (χ0) is 39.4. The van der Waals surface area contributed by atoms with Crippen molar-refractivity contribution in [3.63, 3.8) is 0 Å². The van der Waals surface area contributed by atoms with E-state index in [0.29, 0.717) is 18.8 Å². The van der Waals surface area contributed by atoms with Gasteiger partial charge in [-0.2, -0.15) is 4.89 Å². The van der Waals surface area contributed by atoms with E-state index in [-0.39, 0.29) is 17.8 Å². The van der Waals surface area contributed by atoms with E-state index >= 15 is 0 Å². The number of aromatic nitrogens is 2. The highest BCUT2D eigenvalue weighted by Gasteiger charge is 2.28. The van der Waals surface area contributed by atoms with Crippen molar-refractivity contribution in [2.24, 2.45) is 11.8 Å². The normalized spacial score (nSPS) is 19.5. The monoisotopic (exact) mass is 780 g/mol. The second-order valence-corrected chi connectivity index (χ2v) is 16.3. The third-order valence-corrected chi connectivity index (χ3v) is 12.0. The number of carbonyl (C=O) groups excluding carboxylic acids is 1. The minimum absolute atomic E-state index is 0.0695. The van der Waals surface area contributed by atoms with Crippen LogP contribution in [0.25, 0.3) is 21.8 Å². The van der Waals surface area contributed by atoms with Crippen molar-refractivity contribution in [2.75, 3.05) is 32.8 Å². The number of piperidine rings is 2. The summed E-state index contributed by atoms with van der Waals surface area (Å²) in [5.41, 5.74) is 4.08. The summed E-state index contributed by atoms with van der Waals surface area (Å²) in [6, 6.07) is 20.8. The van der Waals surface area contributed by atoms with Gasteiger partial charge in [0.25, 0.3) is 0 Å². The second kappa shape index (κ2) is 20.4. The number of carbonyl (C=O) groups is 2. The number of ether oxygens (including phenoxy) is 2. The van der Waals surface area contributed by atoms with E-state index in [1.54, 1.807) is 6.92 Å². The number of fused-ring (bicyclic) bond motifs is 2. The summed E-state index contributed by atoms with van der Waals surface area (Å²) in [6.45, 7) is 7.13. The fourth-order valence-corrected chi connectivity index (χ4v) is 8.67. The lowest BCUT2D eigenvalue weighted by Crippen LogP contribution is -2.36. The van der Waals surface area contributed by atoms with Gasteiger partial charge in [0, 0.05) is 23.9 Å². The maximum atomic E-state index is 11.9. The zero-order valence-corrected chi connectivity index (χ0v) is 33.6. The Hall–Kier alpha value is -4.32. The van der Waals surface area contributed by atoms with Crippen LogP contribution in [0.15, 0.2) is 60.7 Å². The van der Waals surface area contributed by atoms with Gasteiger partial charge in [-0.05, 0) is 159 Å². The summed E-state index contributed by atoms with van der Waals surface area (Å²) in [4.78, 5) is 46.9. The van der Waals surface area contributed by atoms with Gasteiger partial charge < -0.3 is 14.6 Å². The fraction of sp³-hybridized carbons (Fsp3) is 0.565. The van der Waals surface area contributed by atoms with E-state index in [0.717, 1.165) is 135 Å². The molecule has 11 heteroatoms. The van der Waals surface area contributed by atoms with E-state index in [2.05, 4.69) is 52.3 Å². The zero-order valence-electron chi connectivity index (χ0n) is 33.6. The first-order chi connectivity index (χ1) is 27.9. The van der Waals surface area contributed by atoms with Crippen molar-refractivity contribution in [1.82, 2.24) is 19.8 Å². The van der Waals surface area contributed by atoms with Gasteiger partial charge in [0.05, 0.1) is 53.1 Å². The first-order valence-corrected chi connectivity index (χ1v) is 21.5. The summed E-state index contributed by atoms with van der Waals surface area (Å²) >= 11 is 0. The molecule has 0 bridgehead atoms. The highest BCUT2D eigenvalue weighted by molar-refractivity contribution is 5.81. The Morgan fingerprint density at radius 3 is 1.51 bits per heavy atom. The predicted octanol–water partition coefficient (Wildman–Crippen LogP) is 8.90. The lowest BCUT2D eigenvalue weighted by atomic mass is 9.97. The van der Waals surface area contributed by atoms with Gasteiger partial charge in [0.1, 0.15) is 11.5 Å². The molecule has 11 nitrogen and oxygen atoms in total. The predicted molar refractivity (Wildman–Crippen MR) is 220 cm³/mol. The maximum absolute atomic E-state index is 11.9. The molecule has 1 N–H and O–H groups in total. The van der Waals surface area contributed by atoms with Gasteiger partial charge in [-0.15, -0.1) is 0 Å². The first-order valence-electron chi connectivity index (χ1n) is 21.5. The summed E-state index contributed by atoms with van der Waals surface area (Å²) in [6.07, 6.45) is 16.2. The van der Waals surface area contributed by atoms with Gasteiger partial charge in [-0.25, -0.2) is 4.79 Å². The quantitative estimate of drug-likeness (QED) is 0.110. The molecule has 2 saturated carbocycles. The number of benzene rings is 2. The number of carboxylic acid groups (broad SMARTS) is 1. The number of aliphatic carboxylic acids is 1. The van der Waals surface area contributed by atoms with E-state index in [9.17, 15) is 9.59 Å². The van der Waals surface area contributed by atoms with E-state index in [1.165, 1.54) is 38.5 Å². The highest BCUT2D eigenvalue weighted by atomic mass is 17.2. The number of likely N-dealkylation sites (tertiary alicyclic amines) is 2. The molecule has 0 spiro atoms. The smallest absolute Gasteiger partial charge is 0.345 e. The molecule has 2 aromatic carbocycles. The molecule has 8 rings (SSSR count). The summed E-state index contributed by atoms with van der Waals surface area (Å²) in [7, 11) is 0. The average Bonchev–Trinajstić information content (AvgIpc) is 3.24. The van der Waals surface area contributed by atoms with Crippen LogP contribution in [0.2, 0.25) is 0 Å². The summed E-state index contributed by atoms with van der Waals surface area (Å²) in [5.74, 6) is 0.731. The summed E-state index contributed by atoms with van der Waals surface area (Å²) < 4.78 is 12.3. The SMILES string of the molecule is CCOOC(=O)C1CCN(Cc2ccc3cc(OC4CCCCC4)ccc3n2)CC1.O=C(O)C1CCN(Cc2ccc3cc(OC4CCCCC4)ccc3n2)CC1. The third kappa shape index (κ3) is 11.9. The fourth-order valence-electron chi connectivity index (χ4n) is 8.67. The van der Waals surface area contributed by atoms with Crippen LogP contribution in [-0.2, 0) is 32.5 Å². The Morgan fingerprint density at radius 2 is 1.07 bits per heavy atom. The van der Waals surface area contributed by atoms with Crippen molar-refractivity contribution >= 4 is 33.7 Å². The van der Waals surface area contributed by atoms with Crippen molar-refractivity contribution in [1.29, 1.82) is 0 Å². The molecule has 2 saturated heterocycles. The minimum atomic E-state index is -0.662. The Kier molecular flexibility index (Phi) is 14.6. The minimum Gasteiger partial charge on any atom is -0.490 e. The van der Waals surface area contributed by atoms with E-state index < -0.39 is 5.97 Å². The van der Waals surface area contributed by atoms with Crippen LogP contribution in [0.5, 0.6) is 11.5 Å². The third-order valence-electron chi connectivity index (χ3n) is 12.0. The van der Waals surface area contributed by atoms with Crippen molar-refractivity contribution in [3.8, 4) is 11.5 Å². The molecule has 0 radical (unpaired) electrons. The molecule has 2 aliphatic carbocycles. The lowest BCUT2D eigenvalue weighted by Gasteiger charge is -2.30. The molecule has 4 fully saturated rings. The number of carboxylic acids is 1. The van der Waals surface area contributed by atoms with E-state index in [1.807, 2.05) is 18.2 Å². The number of nitrogens with zero attached hydrogens (tertiary/aromatic N) is 4. The van der Waals surface area contributed by atoms with Gasteiger partial charge >= 0.3 is 11.9 Å². The van der Waals surface area contributed by atoms with Gasteiger partial charge in [0.15, 0.2) is 0 Å². The van der Waals surface area contributed by atoms with Crippen molar-refractivity contribution < 1.29 is 33.9 Å². The molecule has 0 atom stereocenters. The van der Waals surface area contributed by atoms with Crippen LogP contribution in [0, 0.1) is 11.8 Å². The molecule has 4 aromatic rings. The average molecular weight is 781 g/mol. The Morgan fingerprint density at radius 1 is 0.614 bits per heavy atom. The lowest BCUT2D eigenvalue weighted by molar-refractivity contribution is -0.274. The number of pyridine rings is 2. The largest absolute Gasteiger partial charge is 0.490 e.